The van der Waals surface area contributed by atoms with Crippen molar-refractivity contribution in [1.82, 2.24) is 5.32 Å². The van der Waals surface area contributed by atoms with Gasteiger partial charge in [0.15, 0.2) is 0 Å². The van der Waals surface area contributed by atoms with Crippen molar-refractivity contribution in [1.29, 1.82) is 0 Å². The lowest BCUT2D eigenvalue weighted by Crippen LogP contribution is -2.41. The van der Waals surface area contributed by atoms with Crippen molar-refractivity contribution in [3.63, 3.8) is 0 Å². The monoisotopic (exact) mass is 504 g/mol. The number of sulfonamides is 1. The van der Waals surface area contributed by atoms with Crippen LogP contribution in [0.4, 0.5) is 5.69 Å². The summed E-state index contributed by atoms with van der Waals surface area (Å²) in [7, 11) is -2.45. The predicted molar refractivity (Wildman–Crippen MR) is 135 cm³/mol. The van der Waals surface area contributed by atoms with Crippen molar-refractivity contribution in [2.45, 2.75) is 10.6 Å². The molecule has 3 aromatic rings. The average molecular weight is 505 g/mol. The van der Waals surface area contributed by atoms with Gasteiger partial charge in [-0.1, -0.05) is 48.0 Å². The molecular weight excluding hydrogens is 480 g/mol. The highest BCUT2D eigenvalue weighted by molar-refractivity contribution is 7.98. The second-order valence-corrected chi connectivity index (χ2v) is 10.5. The molecule has 0 saturated heterocycles. The van der Waals surface area contributed by atoms with Crippen LogP contribution in [0.15, 0.2) is 83.8 Å². The molecule has 0 unspecified atom stereocenters. The summed E-state index contributed by atoms with van der Waals surface area (Å²) in [6, 6.07) is 22.3. The van der Waals surface area contributed by atoms with Gasteiger partial charge in [0.1, 0.15) is 12.3 Å². The maximum absolute atomic E-state index is 13.3. The summed E-state index contributed by atoms with van der Waals surface area (Å²) in [6.07, 6.45) is 0. The topological polar surface area (TPSA) is 75.7 Å². The van der Waals surface area contributed by atoms with Gasteiger partial charge in [0.2, 0.25) is 5.91 Å². The van der Waals surface area contributed by atoms with E-state index in [1.54, 1.807) is 54.2 Å². The van der Waals surface area contributed by atoms with Crippen molar-refractivity contribution >= 4 is 45.0 Å². The molecule has 0 heterocycles. The summed E-state index contributed by atoms with van der Waals surface area (Å²) in [4.78, 5) is 12.8. The summed E-state index contributed by atoms with van der Waals surface area (Å²) in [6.45, 7) is 0.0742. The highest BCUT2D eigenvalue weighted by atomic mass is 35.5. The molecule has 174 valence electrons. The summed E-state index contributed by atoms with van der Waals surface area (Å²) >= 11 is 7.66. The summed E-state index contributed by atoms with van der Waals surface area (Å²) in [5.41, 5.74) is 1.46. The van der Waals surface area contributed by atoms with Crippen molar-refractivity contribution in [2.24, 2.45) is 0 Å². The second-order valence-electron chi connectivity index (χ2n) is 7.06. The minimum atomic E-state index is -3.95. The molecule has 0 atom stereocenters. The zero-order valence-corrected chi connectivity index (χ0v) is 20.5. The Morgan fingerprint density at radius 1 is 1.03 bits per heavy atom. The molecule has 0 aromatic heterocycles. The molecule has 0 aliphatic carbocycles. The Balaban J connectivity index is 1.65. The largest absolute Gasteiger partial charge is 0.497 e. The second kappa shape index (κ2) is 12.0. The van der Waals surface area contributed by atoms with Crippen LogP contribution in [0.25, 0.3) is 0 Å². The average Bonchev–Trinajstić information content (AvgIpc) is 2.83. The van der Waals surface area contributed by atoms with E-state index in [0.717, 1.165) is 15.6 Å². The van der Waals surface area contributed by atoms with Crippen molar-refractivity contribution < 1.29 is 17.9 Å². The third kappa shape index (κ3) is 7.15. The van der Waals surface area contributed by atoms with Gasteiger partial charge in [-0.2, -0.15) is 11.8 Å². The SMILES string of the molecule is COc1cccc(N(CC(=O)NCCSCc2cccc(Cl)c2)S(=O)(=O)c2ccccc2)c1. The van der Waals surface area contributed by atoms with Crippen molar-refractivity contribution in [2.75, 3.05) is 30.3 Å². The zero-order valence-electron chi connectivity index (χ0n) is 18.1. The van der Waals surface area contributed by atoms with Crippen LogP contribution in [0.2, 0.25) is 5.02 Å². The molecule has 3 rings (SSSR count). The molecule has 6 nitrogen and oxygen atoms in total. The summed E-state index contributed by atoms with van der Waals surface area (Å²) < 4.78 is 33.0. The van der Waals surface area contributed by atoms with Crippen LogP contribution < -0.4 is 14.4 Å². The van der Waals surface area contributed by atoms with Gasteiger partial charge in [0, 0.05) is 29.1 Å². The quantitative estimate of drug-likeness (QED) is 0.386. The van der Waals surface area contributed by atoms with Crippen molar-refractivity contribution in [3.8, 4) is 5.75 Å². The smallest absolute Gasteiger partial charge is 0.264 e. The fraction of sp³-hybridized carbons (Fsp3) is 0.208. The molecule has 33 heavy (non-hydrogen) atoms. The highest BCUT2D eigenvalue weighted by Crippen LogP contribution is 2.26. The number of nitrogens with one attached hydrogen (secondary N) is 1. The van der Waals surface area contributed by atoms with Crippen molar-refractivity contribution in [3.05, 3.63) is 89.4 Å². The molecule has 1 N–H and O–H groups in total. The molecule has 9 heteroatoms. The molecule has 0 saturated carbocycles. The first-order chi connectivity index (χ1) is 15.9. The van der Waals surface area contributed by atoms with E-state index >= 15 is 0 Å². The van der Waals surface area contributed by atoms with Crippen LogP contribution in [-0.4, -0.2) is 40.3 Å². The Labute approximate surface area is 204 Å². The molecule has 0 fully saturated rings. The van der Waals surface area contributed by atoms with Gasteiger partial charge < -0.3 is 10.1 Å². The number of halogens is 1. The fourth-order valence-corrected chi connectivity index (χ4v) is 5.52. The number of hydrogen-bond acceptors (Lipinski definition) is 5. The predicted octanol–water partition coefficient (Wildman–Crippen LogP) is 4.59. The van der Waals surface area contributed by atoms with E-state index in [2.05, 4.69) is 5.32 Å². The molecule has 0 spiro atoms. The number of ether oxygens (including phenoxy) is 1. The lowest BCUT2D eigenvalue weighted by Gasteiger charge is -2.24. The number of carbonyl (C=O) groups excluding carboxylic acids is 1. The van der Waals surface area contributed by atoms with E-state index in [-0.39, 0.29) is 17.3 Å². The standard InChI is InChI=1S/C24H25ClN2O4S2/c1-31-22-10-6-9-21(16-22)27(33(29,30)23-11-3-2-4-12-23)17-24(28)26-13-14-32-18-19-7-5-8-20(25)15-19/h2-12,15-16H,13-14,17-18H2,1H3,(H,26,28). The van der Waals surface area contributed by atoms with E-state index in [9.17, 15) is 13.2 Å². The van der Waals surface area contributed by atoms with Gasteiger partial charge in [-0.3, -0.25) is 9.10 Å². The number of nitrogens with zero attached hydrogens (tertiary/aromatic N) is 1. The molecule has 3 aromatic carbocycles. The highest BCUT2D eigenvalue weighted by Gasteiger charge is 2.27. The summed E-state index contributed by atoms with van der Waals surface area (Å²) in [5, 5.41) is 3.50. The van der Waals surface area contributed by atoms with E-state index in [1.165, 1.54) is 19.2 Å². The molecule has 0 radical (unpaired) electrons. The fourth-order valence-electron chi connectivity index (χ4n) is 3.07. The maximum Gasteiger partial charge on any atom is 0.264 e. The zero-order chi connectivity index (χ0) is 23.7. The first-order valence-corrected chi connectivity index (χ1v) is 13.2. The van der Waals surface area contributed by atoms with Crippen LogP contribution >= 0.6 is 23.4 Å². The first kappa shape index (κ1) is 25.0. The molecule has 1 amide bonds. The maximum atomic E-state index is 13.3. The van der Waals surface area contributed by atoms with E-state index in [1.807, 2.05) is 24.3 Å². The van der Waals surface area contributed by atoms with E-state index in [0.29, 0.717) is 28.8 Å². The Hall–Kier alpha value is -2.68. The number of carbonyl (C=O) groups is 1. The number of benzene rings is 3. The van der Waals surface area contributed by atoms with Gasteiger partial charge in [-0.25, -0.2) is 8.42 Å². The van der Waals surface area contributed by atoms with Gasteiger partial charge in [-0.05, 0) is 42.0 Å². The van der Waals surface area contributed by atoms with Crippen LogP contribution in [0.1, 0.15) is 5.56 Å². The molecule has 0 aliphatic heterocycles. The van der Waals surface area contributed by atoms with Gasteiger partial charge in [0.05, 0.1) is 17.7 Å². The van der Waals surface area contributed by atoms with Crippen LogP contribution in [0.5, 0.6) is 5.75 Å². The van der Waals surface area contributed by atoms with Crippen LogP contribution in [0, 0.1) is 0 Å². The lowest BCUT2D eigenvalue weighted by atomic mass is 10.2. The van der Waals surface area contributed by atoms with Crippen LogP contribution in [0.3, 0.4) is 0 Å². The Kier molecular flexibility index (Phi) is 9.05. The third-order valence-corrected chi connectivity index (χ3v) is 7.74. The van der Waals surface area contributed by atoms with Crippen LogP contribution in [-0.2, 0) is 20.6 Å². The number of hydrogen-bond donors (Lipinski definition) is 1. The number of rotatable bonds is 11. The lowest BCUT2D eigenvalue weighted by molar-refractivity contribution is -0.119. The molecule has 0 bridgehead atoms. The Morgan fingerprint density at radius 3 is 2.52 bits per heavy atom. The number of anilines is 1. The number of amides is 1. The van der Waals surface area contributed by atoms with E-state index < -0.39 is 10.0 Å². The molecule has 0 aliphatic rings. The normalized spacial score (nSPS) is 11.1. The van der Waals surface area contributed by atoms with Gasteiger partial charge >= 0.3 is 0 Å². The first-order valence-electron chi connectivity index (χ1n) is 10.2. The Morgan fingerprint density at radius 2 is 1.79 bits per heavy atom. The molecular formula is C24H25ClN2O4S2. The van der Waals surface area contributed by atoms with Gasteiger partial charge in [0.25, 0.3) is 10.0 Å². The minimum absolute atomic E-state index is 0.109. The number of methoxy groups -OCH3 is 1. The Bertz CT molecular complexity index is 1170. The third-order valence-electron chi connectivity index (χ3n) is 4.69. The van der Waals surface area contributed by atoms with Gasteiger partial charge in [-0.15, -0.1) is 0 Å². The minimum Gasteiger partial charge on any atom is -0.497 e. The summed E-state index contributed by atoms with van der Waals surface area (Å²) in [5.74, 6) is 1.57. The van der Waals surface area contributed by atoms with E-state index in [4.69, 9.17) is 16.3 Å². The number of thioether (sulfide) groups is 1.